The van der Waals surface area contributed by atoms with Crippen molar-refractivity contribution in [3.63, 3.8) is 0 Å². The lowest BCUT2D eigenvalue weighted by Crippen LogP contribution is -2.32. The number of carbonyl (C=O) groups is 3. The van der Waals surface area contributed by atoms with E-state index in [4.69, 9.17) is 9.84 Å². The van der Waals surface area contributed by atoms with Gasteiger partial charge in [-0.15, -0.1) is 0 Å². The SMILES string of the molecule is O=C(O)CNC(=O)c1ccccc1C(O)C(O)CCNC(=O)OCc1ccccc1. The molecule has 0 radical (unpaired) electrons. The molecule has 2 aromatic carbocycles. The summed E-state index contributed by atoms with van der Waals surface area (Å²) >= 11 is 0. The second-order valence-electron chi connectivity index (χ2n) is 6.45. The number of aliphatic hydroxyl groups is 2. The lowest BCUT2D eigenvalue weighted by atomic mass is 9.96. The van der Waals surface area contributed by atoms with Gasteiger partial charge in [0.1, 0.15) is 19.3 Å². The molecule has 2 unspecified atom stereocenters. The zero-order chi connectivity index (χ0) is 21.9. The highest BCUT2D eigenvalue weighted by Gasteiger charge is 2.23. The third-order valence-corrected chi connectivity index (χ3v) is 4.21. The second kappa shape index (κ2) is 11.5. The van der Waals surface area contributed by atoms with E-state index in [1.807, 2.05) is 30.3 Å². The molecular weight excluding hydrogens is 392 g/mol. The first-order valence-corrected chi connectivity index (χ1v) is 9.28. The van der Waals surface area contributed by atoms with E-state index in [0.29, 0.717) is 0 Å². The largest absolute Gasteiger partial charge is 0.480 e. The third kappa shape index (κ3) is 7.19. The van der Waals surface area contributed by atoms with Gasteiger partial charge in [0.05, 0.1) is 6.10 Å². The van der Waals surface area contributed by atoms with Gasteiger partial charge in [-0.25, -0.2) is 4.79 Å². The number of rotatable bonds is 10. The molecule has 0 spiro atoms. The molecule has 0 bridgehead atoms. The second-order valence-corrected chi connectivity index (χ2v) is 6.45. The number of nitrogens with one attached hydrogen (secondary N) is 2. The lowest BCUT2D eigenvalue weighted by Gasteiger charge is -2.20. The van der Waals surface area contributed by atoms with Crippen LogP contribution in [0.3, 0.4) is 0 Å². The zero-order valence-corrected chi connectivity index (χ0v) is 16.2. The maximum Gasteiger partial charge on any atom is 0.407 e. The van der Waals surface area contributed by atoms with Crippen molar-refractivity contribution in [1.29, 1.82) is 0 Å². The number of aliphatic hydroxyl groups excluding tert-OH is 2. The zero-order valence-electron chi connectivity index (χ0n) is 16.2. The molecule has 9 heteroatoms. The van der Waals surface area contributed by atoms with Crippen molar-refractivity contribution >= 4 is 18.0 Å². The normalized spacial score (nSPS) is 12.5. The summed E-state index contributed by atoms with van der Waals surface area (Å²) in [6.07, 6.45) is -3.33. The molecule has 9 nitrogen and oxygen atoms in total. The molecule has 0 saturated carbocycles. The highest BCUT2D eigenvalue weighted by molar-refractivity contribution is 5.97. The molecule has 0 aliphatic heterocycles. The molecule has 5 N–H and O–H groups in total. The van der Waals surface area contributed by atoms with Gasteiger partial charge in [0.15, 0.2) is 0 Å². The quantitative estimate of drug-likeness (QED) is 0.391. The summed E-state index contributed by atoms with van der Waals surface area (Å²) < 4.78 is 5.06. The highest BCUT2D eigenvalue weighted by Crippen LogP contribution is 2.22. The average molecular weight is 416 g/mol. The Morgan fingerprint density at radius 2 is 1.60 bits per heavy atom. The van der Waals surface area contributed by atoms with E-state index < -0.39 is 36.7 Å². The Balaban J connectivity index is 1.84. The van der Waals surface area contributed by atoms with Crippen molar-refractivity contribution in [3.8, 4) is 0 Å². The Kier molecular flexibility index (Phi) is 8.79. The van der Waals surface area contributed by atoms with Gasteiger partial charge in [0, 0.05) is 12.1 Å². The molecule has 0 aromatic heterocycles. The van der Waals surface area contributed by atoms with Crippen molar-refractivity contribution in [1.82, 2.24) is 10.6 Å². The summed E-state index contributed by atoms with van der Waals surface area (Å²) in [5.74, 6) is -1.88. The summed E-state index contributed by atoms with van der Waals surface area (Å²) in [5, 5.41) is 34.0. The average Bonchev–Trinajstić information content (AvgIpc) is 2.76. The van der Waals surface area contributed by atoms with E-state index in [-0.39, 0.29) is 30.7 Å². The molecule has 2 rings (SSSR count). The number of ether oxygens (including phenoxy) is 1. The van der Waals surface area contributed by atoms with Gasteiger partial charge in [-0.3, -0.25) is 9.59 Å². The Morgan fingerprint density at radius 1 is 0.933 bits per heavy atom. The fourth-order valence-electron chi connectivity index (χ4n) is 2.67. The Bertz CT molecular complexity index is 857. The number of carboxylic acid groups (broad SMARTS) is 1. The number of aliphatic carboxylic acids is 1. The molecule has 0 saturated heterocycles. The van der Waals surface area contributed by atoms with Gasteiger partial charge in [-0.1, -0.05) is 48.5 Å². The van der Waals surface area contributed by atoms with Gasteiger partial charge >= 0.3 is 12.1 Å². The number of hydrogen-bond donors (Lipinski definition) is 5. The Hall–Kier alpha value is -3.43. The molecule has 160 valence electrons. The molecule has 0 heterocycles. The summed E-state index contributed by atoms with van der Waals surface area (Å²) in [5.41, 5.74) is 1.04. The first-order chi connectivity index (χ1) is 14.4. The van der Waals surface area contributed by atoms with E-state index in [2.05, 4.69) is 10.6 Å². The van der Waals surface area contributed by atoms with Crippen LogP contribution in [0.25, 0.3) is 0 Å². The molecule has 2 amide bonds. The van der Waals surface area contributed by atoms with Crippen LogP contribution in [-0.4, -0.2) is 52.5 Å². The van der Waals surface area contributed by atoms with Crippen molar-refractivity contribution in [2.24, 2.45) is 0 Å². The van der Waals surface area contributed by atoms with Crippen LogP contribution >= 0.6 is 0 Å². The molecule has 0 fully saturated rings. The minimum atomic E-state index is -1.40. The smallest absolute Gasteiger partial charge is 0.407 e. The predicted molar refractivity (Wildman–Crippen MR) is 107 cm³/mol. The number of amides is 2. The fraction of sp³-hybridized carbons (Fsp3) is 0.286. The fourth-order valence-corrected chi connectivity index (χ4v) is 2.67. The van der Waals surface area contributed by atoms with Crippen LogP contribution in [0, 0.1) is 0 Å². The minimum absolute atomic E-state index is 0.00663. The topological polar surface area (TPSA) is 145 Å². The van der Waals surface area contributed by atoms with Crippen LogP contribution in [0.2, 0.25) is 0 Å². The molecule has 0 aliphatic rings. The van der Waals surface area contributed by atoms with E-state index >= 15 is 0 Å². The predicted octanol–water partition coefficient (Wildman–Crippen LogP) is 1.21. The third-order valence-electron chi connectivity index (χ3n) is 4.21. The van der Waals surface area contributed by atoms with Crippen LogP contribution in [-0.2, 0) is 16.1 Å². The summed E-state index contributed by atoms with van der Waals surface area (Å²) in [6.45, 7) is -0.420. The molecule has 2 atom stereocenters. The highest BCUT2D eigenvalue weighted by atomic mass is 16.5. The van der Waals surface area contributed by atoms with Crippen LogP contribution < -0.4 is 10.6 Å². The standard InChI is InChI=1S/C21H24N2O7/c24-17(10-11-22-21(29)30-13-14-6-2-1-3-7-14)19(27)15-8-4-5-9-16(15)20(28)23-12-18(25)26/h1-9,17,19,24,27H,10-13H2,(H,22,29)(H,23,28)(H,25,26). The molecule has 30 heavy (non-hydrogen) atoms. The van der Waals surface area contributed by atoms with Crippen LogP contribution in [0.5, 0.6) is 0 Å². The first kappa shape index (κ1) is 22.9. The lowest BCUT2D eigenvalue weighted by molar-refractivity contribution is -0.135. The Labute approximate surface area is 173 Å². The van der Waals surface area contributed by atoms with Crippen molar-refractivity contribution in [2.45, 2.75) is 25.2 Å². The van der Waals surface area contributed by atoms with E-state index in [1.54, 1.807) is 12.1 Å². The molecule has 2 aromatic rings. The van der Waals surface area contributed by atoms with Crippen LogP contribution in [0.1, 0.15) is 34.0 Å². The van der Waals surface area contributed by atoms with Crippen LogP contribution in [0.15, 0.2) is 54.6 Å². The van der Waals surface area contributed by atoms with Gasteiger partial charge in [-0.05, 0) is 23.6 Å². The van der Waals surface area contributed by atoms with Gasteiger partial charge in [-0.2, -0.15) is 0 Å². The number of carbonyl (C=O) groups excluding carboxylic acids is 2. The molecular formula is C21H24N2O7. The molecule has 0 aliphatic carbocycles. The minimum Gasteiger partial charge on any atom is -0.480 e. The maximum atomic E-state index is 12.1. The van der Waals surface area contributed by atoms with E-state index in [1.165, 1.54) is 12.1 Å². The van der Waals surface area contributed by atoms with E-state index in [9.17, 15) is 24.6 Å². The van der Waals surface area contributed by atoms with Crippen molar-refractivity contribution < 1.29 is 34.4 Å². The first-order valence-electron chi connectivity index (χ1n) is 9.28. The van der Waals surface area contributed by atoms with Gasteiger partial charge < -0.3 is 30.7 Å². The van der Waals surface area contributed by atoms with Gasteiger partial charge in [0.2, 0.25) is 0 Å². The maximum absolute atomic E-state index is 12.1. The Morgan fingerprint density at radius 3 is 2.30 bits per heavy atom. The number of carboxylic acids is 1. The summed E-state index contributed by atoms with van der Waals surface area (Å²) in [7, 11) is 0. The van der Waals surface area contributed by atoms with Crippen molar-refractivity contribution in [2.75, 3.05) is 13.1 Å². The van der Waals surface area contributed by atoms with Gasteiger partial charge in [0.25, 0.3) is 5.91 Å². The monoisotopic (exact) mass is 416 g/mol. The number of benzene rings is 2. The summed E-state index contributed by atoms with van der Waals surface area (Å²) in [4.78, 5) is 34.5. The summed E-state index contributed by atoms with van der Waals surface area (Å²) in [6, 6.07) is 15.2. The van der Waals surface area contributed by atoms with E-state index in [0.717, 1.165) is 5.56 Å². The van der Waals surface area contributed by atoms with Crippen LogP contribution in [0.4, 0.5) is 4.79 Å². The number of hydrogen-bond acceptors (Lipinski definition) is 6. The number of alkyl carbamates (subject to hydrolysis) is 1. The van der Waals surface area contributed by atoms with Crippen molar-refractivity contribution in [3.05, 3.63) is 71.3 Å².